The van der Waals surface area contributed by atoms with Gasteiger partial charge in [0.15, 0.2) is 0 Å². The number of aliphatic hydroxyl groups is 2. The van der Waals surface area contributed by atoms with E-state index in [1.54, 1.807) is 42.5 Å². The molecule has 0 spiro atoms. The van der Waals surface area contributed by atoms with E-state index in [1.807, 2.05) is 13.8 Å². The second kappa shape index (κ2) is 21.4. The number of hydrogen-bond donors (Lipinski definition) is 3. The Balaban J connectivity index is -0.000000216. The van der Waals surface area contributed by atoms with Gasteiger partial charge in [0.25, 0.3) is 0 Å². The summed E-state index contributed by atoms with van der Waals surface area (Å²) in [6.07, 6.45) is 3.50. The summed E-state index contributed by atoms with van der Waals surface area (Å²) >= 11 is 0. The molecular formula is C15H24O4. The molecule has 0 aliphatic rings. The lowest BCUT2D eigenvalue weighted by atomic mass is 10.2. The number of allylic oxidation sites excluding steroid dienone is 2. The molecule has 1 aromatic rings. The Bertz CT molecular complexity index is 299. The highest BCUT2D eigenvalue weighted by molar-refractivity contribution is 5.87. The second-order valence-corrected chi connectivity index (χ2v) is 2.93. The lowest BCUT2D eigenvalue weighted by Crippen LogP contribution is -1.93. The van der Waals surface area contributed by atoms with Crippen molar-refractivity contribution in [3.8, 4) is 0 Å². The molecule has 0 amide bonds. The average molecular weight is 268 g/mol. The zero-order chi connectivity index (χ0) is 15.5. The quantitative estimate of drug-likeness (QED) is 0.721. The van der Waals surface area contributed by atoms with Gasteiger partial charge in [-0.25, -0.2) is 4.79 Å². The van der Waals surface area contributed by atoms with Crippen molar-refractivity contribution < 1.29 is 20.1 Å². The van der Waals surface area contributed by atoms with Crippen molar-refractivity contribution in [2.24, 2.45) is 0 Å². The Hall–Kier alpha value is -1.91. The predicted octanol–water partition coefficient (Wildman–Crippen LogP) is 2.74. The summed E-state index contributed by atoms with van der Waals surface area (Å²) in [4.78, 5) is 10.2. The molecule has 0 aliphatic carbocycles. The van der Waals surface area contributed by atoms with E-state index in [2.05, 4.69) is 13.2 Å². The lowest BCUT2D eigenvalue weighted by molar-refractivity contribution is 0.0697. The van der Waals surface area contributed by atoms with Gasteiger partial charge in [-0.1, -0.05) is 30.4 Å². The normalized spacial score (nSPS) is 7.16. The first-order chi connectivity index (χ1) is 9.05. The molecule has 0 aliphatic heterocycles. The molecule has 19 heavy (non-hydrogen) atoms. The van der Waals surface area contributed by atoms with E-state index in [4.69, 9.17) is 15.3 Å². The molecule has 3 N–H and O–H groups in total. The van der Waals surface area contributed by atoms with E-state index in [9.17, 15) is 4.79 Å². The minimum atomic E-state index is -0.879. The minimum absolute atomic E-state index is 0.125. The van der Waals surface area contributed by atoms with Crippen LogP contribution in [-0.4, -0.2) is 34.5 Å². The van der Waals surface area contributed by atoms with Crippen LogP contribution in [0.5, 0.6) is 0 Å². The second-order valence-electron chi connectivity index (χ2n) is 2.93. The van der Waals surface area contributed by atoms with Crippen LogP contribution in [-0.2, 0) is 0 Å². The molecule has 4 heteroatoms. The fourth-order valence-corrected chi connectivity index (χ4v) is 0.581. The van der Waals surface area contributed by atoms with Crippen molar-refractivity contribution in [1.29, 1.82) is 0 Å². The SMILES string of the molecule is C=CC.C=CC.O=C(O)c1ccccc1.OCCO. The predicted molar refractivity (Wildman–Crippen MR) is 79.3 cm³/mol. The summed E-state index contributed by atoms with van der Waals surface area (Å²) in [6, 6.07) is 8.30. The van der Waals surface area contributed by atoms with Crippen LogP contribution in [0.4, 0.5) is 0 Å². The molecule has 0 bridgehead atoms. The van der Waals surface area contributed by atoms with Crippen LogP contribution < -0.4 is 0 Å². The van der Waals surface area contributed by atoms with Crippen molar-refractivity contribution in [2.75, 3.05) is 13.2 Å². The zero-order valence-corrected chi connectivity index (χ0v) is 11.6. The van der Waals surface area contributed by atoms with Crippen LogP contribution in [0.15, 0.2) is 55.6 Å². The number of aromatic carboxylic acids is 1. The molecule has 0 saturated heterocycles. The van der Waals surface area contributed by atoms with Crippen LogP contribution >= 0.6 is 0 Å². The third-order valence-electron chi connectivity index (χ3n) is 1.12. The van der Waals surface area contributed by atoms with Crippen LogP contribution in [0.2, 0.25) is 0 Å². The number of carbonyl (C=O) groups is 1. The van der Waals surface area contributed by atoms with E-state index in [-0.39, 0.29) is 13.2 Å². The molecule has 0 atom stereocenters. The Morgan fingerprint density at radius 3 is 1.53 bits per heavy atom. The van der Waals surface area contributed by atoms with Crippen LogP contribution in [0.1, 0.15) is 24.2 Å². The number of carboxylic acids is 1. The molecule has 1 aromatic carbocycles. The number of aliphatic hydroxyl groups excluding tert-OH is 2. The smallest absolute Gasteiger partial charge is 0.335 e. The summed E-state index contributed by atoms with van der Waals surface area (Å²) in [5.41, 5.74) is 0.331. The summed E-state index contributed by atoms with van der Waals surface area (Å²) < 4.78 is 0. The molecule has 0 radical (unpaired) electrons. The maximum Gasteiger partial charge on any atom is 0.335 e. The molecule has 0 fully saturated rings. The Kier molecular flexibility index (Phi) is 25.1. The van der Waals surface area contributed by atoms with Crippen LogP contribution in [0.3, 0.4) is 0 Å². The summed E-state index contributed by atoms with van der Waals surface area (Å²) in [5, 5.41) is 23.6. The highest BCUT2D eigenvalue weighted by Crippen LogP contribution is 1.96. The fourth-order valence-electron chi connectivity index (χ4n) is 0.581. The summed E-state index contributed by atoms with van der Waals surface area (Å²) in [6.45, 7) is 10.2. The van der Waals surface area contributed by atoms with E-state index in [0.29, 0.717) is 5.56 Å². The highest BCUT2D eigenvalue weighted by Gasteiger charge is 1.96. The first-order valence-electron chi connectivity index (χ1n) is 5.69. The zero-order valence-electron chi connectivity index (χ0n) is 11.6. The minimum Gasteiger partial charge on any atom is -0.478 e. The first kappa shape index (κ1) is 22.3. The van der Waals surface area contributed by atoms with Gasteiger partial charge in [-0.3, -0.25) is 0 Å². The van der Waals surface area contributed by atoms with Crippen molar-refractivity contribution in [3.63, 3.8) is 0 Å². The first-order valence-corrected chi connectivity index (χ1v) is 5.69. The summed E-state index contributed by atoms with van der Waals surface area (Å²) in [7, 11) is 0. The number of carboxylic acid groups (broad SMARTS) is 1. The Morgan fingerprint density at radius 2 is 1.37 bits per heavy atom. The van der Waals surface area contributed by atoms with Crippen LogP contribution in [0.25, 0.3) is 0 Å². The monoisotopic (exact) mass is 268 g/mol. The topological polar surface area (TPSA) is 77.8 Å². The van der Waals surface area contributed by atoms with Gasteiger partial charge in [-0.2, -0.15) is 0 Å². The molecule has 0 unspecified atom stereocenters. The van der Waals surface area contributed by atoms with E-state index < -0.39 is 5.97 Å². The molecule has 0 aromatic heterocycles. The van der Waals surface area contributed by atoms with Gasteiger partial charge in [0, 0.05) is 0 Å². The third-order valence-corrected chi connectivity index (χ3v) is 1.12. The van der Waals surface area contributed by atoms with Gasteiger partial charge >= 0.3 is 5.97 Å². The van der Waals surface area contributed by atoms with Gasteiger partial charge < -0.3 is 15.3 Å². The molecular weight excluding hydrogens is 244 g/mol. The maximum atomic E-state index is 10.2. The Labute approximate surface area is 115 Å². The van der Waals surface area contributed by atoms with E-state index >= 15 is 0 Å². The third kappa shape index (κ3) is 26.0. The van der Waals surface area contributed by atoms with Gasteiger partial charge in [-0.15, -0.1) is 13.2 Å². The standard InChI is InChI=1S/C7H6O2.2C3H6.C2H6O2/c8-7(9)6-4-2-1-3-5-6;2*1-3-2;3-1-2-4/h1-5H,(H,8,9);2*3H,1H2,2H3;3-4H,1-2H2. The van der Waals surface area contributed by atoms with Gasteiger partial charge in [0.05, 0.1) is 18.8 Å². The fraction of sp³-hybridized carbons (Fsp3) is 0.267. The number of benzene rings is 1. The maximum absolute atomic E-state index is 10.2. The highest BCUT2D eigenvalue weighted by atomic mass is 16.4. The van der Waals surface area contributed by atoms with E-state index in [0.717, 1.165) is 0 Å². The van der Waals surface area contributed by atoms with E-state index in [1.165, 1.54) is 0 Å². The summed E-state index contributed by atoms with van der Waals surface area (Å²) in [5.74, 6) is -0.879. The number of hydrogen-bond acceptors (Lipinski definition) is 3. The molecule has 0 saturated carbocycles. The molecule has 108 valence electrons. The van der Waals surface area contributed by atoms with Gasteiger partial charge in [-0.05, 0) is 26.0 Å². The van der Waals surface area contributed by atoms with Crippen molar-refractivity contribution in [3.05, 3.63) is 61.2 Å². The van der Waals surface area contributed by atoms with Gasteiger partial charge in [0.2, 0.25) is 0 Å². The molecule has 4 nitrogen and oxygen atoms in total. The van der Waals surface area contributed by atoms with Crippen molar-refractivity contribution in [2.45, 2.75) is 13.8 Å². The van der Waals surface area contributed by atoms with Crippen molar-refractivity contribution in [1.82, 2.24) is 0 Å². The van der Waals surface area contributed by atoms with Gasteiger partial charge in [0.1, 0.15) is 0 Å². The van der Waals surface area contributed by atoms with Crippen molar-refractivity contribution >= 4 is 5.97 Å². The number of rotatable bonds is 2. The lowest BCUT2D eigenvalue weighted by Gasteiger charge is -1.88. The molecule has 1 rings (SSSR count). The largest absolute Gasteiger partial charge is 0.478 e. The van der Waals surface area contributed by atoms with Crippen LogP contribution in [0, 0.1) is 0 Å². The molecule has 0 heterocycles. The average Bonchev–Trinajstić information content (AvgIpc) is 2.42. The Morgan fingerprint density at radius 1 is 1.05 bits per heavy atom.